The molecule has 2 aliphatic carbocycles. The first kappa shape index (κ1) is 14.3. The smallest absolute Gasteiger partial charge is 0.226 e. The van der Waals surface area contributed by atoms with Gasteiger partial charge < -0.3 is 4.90 Å². The number of hydrogen-bond acceptors (Lipinski definition) is 2. The normalized spacial score (nSPS) is 26.7. The summed E-state index contributed by atoms with van der Waals surface area (Å²) in [5.41, 5.74) is 1.36. The third-order valence-corrected chi connectivity index (χ3v) is 5.63. The molecule has 1 aliphatic heterocycles. The van der Waals surface area contributed by atoms with Crippen LogP contribution < -0.4 is 0 Å². The molecule has 0 aromatic heterocycles. The molecule has 3 heteroatoms. The molecule has 1 aromatic carbocycles. The van der Waals surface area contributed by atoms with Crippen molar-refractivity contribution in [2.75, 3.05) is 19.6 Å². The van der Waals surface area contributed by atoms with E-state index in [-0.39, 0.29) is 0 Å². The average Bonchev–Trinajstić information content (AvgIpc) is 3.31. The Balaban J connectivity index is 1.48. The Labute approximate surface area is 133 Å². The van der Waals surface area contributed by atoms with Gasteiger partial charge in [-0.25, -0.2) is 0 Å². The SMILES string of the molecule is O=C(C1CCC1)N1CCN(C2CC2)CC1Cc1ccccc1. The van der Waals surface area contributed by atoms with Crippen LogP contribution in [0.2, 0.25) is 0 Å². The minimum absolute atomic E-state index is 0.325. The predicted molar refractivity (Wildman–Crippen MR) is 87.6 cm³/mol. The molecule has 1 aromatic rings. The van der Waals surface area contributed by atoms with Gasteiger partial charge in [0, 0.05) is 37.6 Å². The molecule has 1 saturated heterocycles. The number of nitrogens with zero attached hydrogens (tertiary/aromatic N) is 2. The van der Waals surface area contributed by atoms with Gasteiger partial charge in [0.1, 0.15) is 0 Å². The Kier molecular flexibility index (Phi) is 3.91. The molecular weight excluding hydrogens is 272 g/mol. The Morgan fingerprint density at radius 2 is 1.82 bits per heavy atom. The first-order chi connectivity index (χ1) is 10.8. The Morgan fingerprint density at radius 3 is 2.45 bits per heavy atom. The summed E-state index contributed by atoms with van der Waals surface area (Å²) >= 11 is 0. The van der Waals surface area contributed by atoms with Crippen LogP contribution in [0.15, 0.2) is 30.3 Å². The van der Waals surface area contributed by atoms with Crippen molar-refractivity contribution in [2.45, 2.75) is 50.6 Å². The van der Waals surface area contributed by atoms with Crippen LogP contribution in [0.25, 0.3) is 0 Å². The summed E-state index contributed by atoms with van der Waals surface area (Å²) in [6.45, 7) is 3.08. The third kappa shape index (κ3) is 2.91. The number of amides is 1. The Morgan fingerprint density at radius 1 is 1.05 bits per heavy atom. The molecule has 22 heavy (non-hydrogen) atoms. The van der Waals surface area contributed by atoms with Crippen molar-refractivity contribution in [3.8, 4) is 0 Å². The lowest BCUT2D eigenvalue weighted by atomic mass is 9.83. The van der Waals surface area contributed by atoms with Gasteiger partial charge in [-0.2, -0.15) is 0 Å². The van der Waals surface area contributed by atoms with Gasteiger partial charge in [-0.1, -0.05) is 36.8 Å². The number of rotatable bonds is 4. The summed E-state index contributed by atoms with van der Waals surface area (Å²) in [7, 11) is 0. The molecule has 3 nitrogen and oxygen atoms in total. The summed E-state index contributed by atoms with van der Waals surface area (Å²) < 4.78 is 0. The van der Waals surface area contributed by atoms with E-state index in [9.17, 15) is 4.79 Å². The molecule has 1 heterocycles. The van der Waals surface area contributed by atoms with Crippen LogP contribution in [-0.2, 0) is 11.2 Å². The molecule has 0 bridgehead atoms. The molecule has 118 valence electrons. The fourth-order valence-electron chi connectivity index (χ4n) is 3.89. The van der Waals surface area contributed by atoms with Crippen molar-refractivity contribution in [1.29, 1.82) is 0 Å². The summed E-state index contributed by atoms with van der Waals surface area (Å²) in [6, 6.07) is 11.8. The molecule has 3 fully saturated rings. The van der Waals surface area contributed by atoms with E-state index in [1.165, 1.54) is 24.8 Å². The maximum absolute atomic E-state index is 12.8. The zero-order valence-electron chi connectivity index (χ0n) is 13.3. The van der Waals surface area contributed by atoms with E-state index in [2.05, 4.69) is 40.1 Å². The first-order valence-electron chi connectivity index (χ1n) is 8.90. The van der Waals surface area contributed by atoms with Gasteiger partial charge in [0.25, 0.3) is 0 Å². The lowest BCUT2D eigenvalue weighted by Crippen LogP contribution is -2.58. The topological polar surface area (TPSA) is 23.6 Å². The third-order valence-electron chi connectivity index (χ3n) is 5.63. The van der Waals surface area contributed by atoms with E-state index in [0.717, 1.165) is 44.9 Å². The van der Waals surface area contributed by atoms with E-state index in [0.29, 0.717) is 17.9 Å². The van der Waals surface area contributed by atoms with Crippen molar-refractivity contribution in [1.82, 2.24) is 9.80 Å². The quantitative estimate of drug-likeness (QED) is 0.853. The zero-order chi connectivity index (χ0) is 14.9. The molecule has 1 unspecified atom stereocenters. The fraction of sp³-hybridized carbons (Fsp3) is 0.632. The van der Waals surface area contributed by atoms with Crippen LogP contribution in [0.5, 0.6) is 0 Å². The van der Waals surface area contributed by atoms with E-state index in [4.69, 9.17) is 0 Å². The number of piperazine rings is 1. The molecule has 0 radical (unpaired) electrons. The highest BCUT2D eigenvalue weighted by atomic mass is 16.2. The van der Waals surface area contributed by atoms with Gasteiger partial charge in [0.15, 0.2) is 0 Å². The fourth-order valence-corrected chi connectivity index (χ4v) is 3.89. The minimum Gasteiger partial charge on any atom is -0.337 e. The molecule has 3 aliphatic rings. The first-order valence-corrected chi connectivity index (χ1v) is 8.90. The highest BCUT2D eigenvalue weighted by molar-refractivity contribution is 5.80. The van der Waals surface area contributed by atoms with Gasteiger partial charge in [-0.3, -0.25) is 9.69 Å². The summed E-state index contributed by atoms with van der Waals surface area (Å²) in [6.07, 6.45) is 7.17. The van der Waals surface area contributed by atoms with Crippen molar-refractivity contribution >= 4 is 5.91 Å². The van der Waals surface area contributed by atoms with Crippen molar-refractivity contribution < 1.29 is 4.79 Å². The highest BCUT2D eigenvalue weighted by Gasteiger charge is 2.39. The zero-order valence-corrected chi connectivity index (χ0v) is 13.3. The number of carbonyl (C=O) groups excluding carboxylic acids is 1. The molecular formula is C19H26N2O. The molecule has 0 N–H and O–H groups in total. The molecule has 2 saturated carbocycles. The summed E-state index contributed by atoms with van der Waals surface area (Å²) in [5.74, 6) is 0.758. The van der Waals surface area contributed by atoms with Gasteiger partial charge in [0.05, 0.1) is 0 Å². The van der Waals surface area contributed by atoms with E-state index >= 15 is 0 Å². The van der Waals surface area contributed by atoms with Crippen LogP contribution in [0.1, 0.15) is 37.7 Å². The van der Waals surface area contributed by atoms with Crippen LogP contribution >= 0.6 is 0 Å². The van der Waals surface area contributed by atoms with Gasteiger partial charge in [-0.05, 0) is 37.7 Å². The van der Waals surface area contributed by atoms with Gasteiger partial charge >= 0.3 is 0 Å². The average molecular weight is 298 g/mol. The molecule has 1 amide bonds. The Hall–Kier alpha value is -1.35. The number of carbonyl (C=O) groups is 1. The van der Waals surface area contributed by atoms with E-state index < -0.39 is 0 Å². The standard InChI is InChI=1S/C19H26N2O/c22-19(16-7-4-8-16)21-12-11-20(17-9-10-17)14-18(21)13-15-5-2-1-3-6-15/h1-3,5-6,16-18H,4,7-14H2. The number of hydrogen-bond donors (Lipinski definition) is 0. The van der Waals surface area contributed by atoms with Crippen molar-refractivity contribution in [3.05, 3.63) is 35.9 Å². The lowest BCUT2D eigenvalue weighted by molar-refractivity contribution is -0.143. The lowest BCUT2D eigenvalue weighted by Gasteiger charge is -2.44. The highest BCUT2D eigenvalue weighted by Crippen LogP contribution is 2.33. The monoisotopic (exact) mass is 298 g/mol. The van der Waals surface area contributed by atoms with Gasteiger partial charge in [0.2, 0.25) is 5.91 Å². The molecule has 0 spiro atoms. The largest absolute Gasteiger partial charge is 0.337 e. The van der Waals surface area contributed by atoms with E-state index in [1.807, 2.05) is 0 Å². The molecule has 1 atom stereocenters. The van der Waals surface area contributed by atoms with Crippen molar-refractivity contribution in [2.24, 2.45) is 5.92 Å². The second-order valence-corrected chi connectivity index (χ2v) is 7.23. The maximum Gasteiger partial charge on any atom is 0.226 e. The second-order valence-electron chi connectivity index (χ2n) is 7.23. The molecule has 4 rings (SSSR count). The van der Waals surface area contributed by atoms with Crippen LogP contribution in [0.3, 0.4) is 0 Å². The van der Waals surface area contributed by atoms with Crippen LogP contribution in [0, 0.1) is 5.92 Å². The number of benzene rings is 1. The summed E-state index contributed by atoms with van der Waals surface area (Å²) in [5, 5.41) is 0. The van der Waals surface area contributed by atoms with Crippen molar-refractivity contribution in [3.63, 3.8) is 0 Å². The van der Waals surface area contributed by atoms with Gasteiger partial charge in [-0.15, -0.1) is 0 Å². The predicted octanol–water partition coefficient (Wildman–Crippen LogP) is 2.70. The minimum atomic E-state index is 0.325. The van der Waals surface area contributed by atoms with Crippen LogP contribution in [-0.4, -0.2) is 47.4 Å². The maximum atomic E-state index is 12.8. The van der Waals surface area contributed by atoms with E-state index in [1.54, 1.807) is 0 Å². The van der Waals surface area contributed by atoms with Crippen LogP contribution in [0.4, 0.5) is 0 Å². The summed E-state index contributed by atoms with van der Waals surface area (Å²) in [4.78, 5) is 17.6. The Bertz CT molecular complexity index is 521. The second kappa shape index (κ2) is 6.04.